The molecule has 278 valence electrons. The fourth-order valence-corrected chi connectivity index (χ4v) is 9.77. The van der Waals surface area contributed by atoms with E-state index in [2.05, 4.69) is 240 Å². The van der Waals surface area contributed by atoms with Crippen molar-refractivity contribution in [1.82, 2.24) is 0 Å². The molecule has 0 spiro atoms. The molecule has 3 heteroatoms. The number of anilines is 6. The summed E-state index contributed by atoms with van der Waals surface area (Å²) in [6.45, 7) is 0. The number of nitrogens with zero attached hydrogens (tertiary/aromatic N) is 2. The monoisotopic (exact) mass is 770 g/mol. The second-order valence-corrected chi connectivity index (χ2v) is 16.0. The van der Waals surface area contributed by atoms with E-state index < -0.39 is 0 Å². The van der Waals surface area contributed by atoms with Crippen molar-refractivity contribution in [3.05, 3.63) is 231 Å². The predicted octanol–water partition coefficient (Wildman–Crippen LogP) is 16.4. The van der Waals surface area contributed by atoms with Gasteiger partial charge in [0.05, 0.1) is 0 Å². The highest BCUT2D eigenvalue weighted by Crippen LogP contribution is 2.52. The van der Waals surface area contributed by atoms with Gasteiger partial charge in [0, 0.05) is 49.3 Å². The SMILES string of the molecule is c1ccc(-c2ccc(N(c3ccccc3)c3ccc4c(c3)Sc3cccc5c3c-4cc3ccc(N(c4ccccc4)c4ccc(-c6ccccc6)cc4)cc35)cc2)cc1. The van der Waals surface area contributed by atoms with E-state index in [1.807, 2.05) is 11.8 Å². The minimum Gasteiger partial charge on any atom is -0.310 e. The van der Waals surface area contributed by atoms with Crippen LogP contribution in [0.3, 0.4) is 0 Å². The molecule has 59 heavy (non-hydrogen) atoms. The van der Waals surface area contributed by atoms with Gasteiger partial charge in [-0.3, -0.25) is 0 Å². The largest absolute Gasteiger partial charge is 0.310 e. The zero-order valence-electron chi connectivity index (χ0n) is 32.2. The summed E-state index contributed by atoms with van der Waals surface area (Å²) in [6, 6.07) is 83.5. The summed E-state index contributed by atoms with van der Waals surface area (Å²) < 4.78 is 0. The van der Waals surface area contributed by atoms with Gasteiger partial charge in [-0.1, -0.05) is 157 Å². The van der Waals surface area contributed by atoms with Gasteiger partial charge in [-0.05, 0) is 134 Å². The molecule has 0 amide bonds. The zero-order valence-corrected chi connectivity index (χ0v) is 33.1. The predicted molar refractivity (Wildman–Crippen MR) is 251 cm³/mol. The second kappa shape index (κ2) is 14.9. The molecule has 0 aromatic heterocycles. The van der Waals surface area contributed by atoms with E-state index in [1.54, 1.807) is 0 Å². The molecule has 2 nitrogen and oxygen atoms in total. The van der Waals surface area contributed by atoms with Gasteiger partial charge in [-0.15, -0.1) is 0 Å². The summed E-state index contributed by atoms with van der Waals surface area (Å²) in [4.78, 5) is 7.27. The average molecular weight is 771 g/mol. The Balaban J connectivity index is 0.997. The van der Waals surface area contributed by atoms with Gasteiger partial charge in [0.1, 0.15) is 0 Å². The quantitative estimate of drug-likeness (QED) is 0.142. The molecule has 0 fully saturated rings. The Bertz CT molecular complexity index is 3090. The third-order valence-corrected chi connectivity index (χ3v) is 12.5. The van der Waals surface area contributed by atoms with Crippen molar-refractivity contribution in [2.24, 2.45) is 0 Å². The first-order chi connectivity index (χ1) is 29.2. The van der Waals surface area contributed by atoms with Crippen LogP contribution in [0.4, 0.5) is 34.1 Å². The van der Waals surface area contributed by atoms with Gasteiger partial charge < -0.3 is 9.80 Å². The number of hydrogen-bond acceptors (Lipinski definition) is 3. The summed E-state index contributed by atoms with van der Waals surface area (Å²) in [5.41, 5.74) is 14.2. The number of benzene rings is 10. The highest BCUT2D eigenvalue weighted by atomic mass is 32.2. The smallest absolute Gasteiger partial charge is 0.0473 e. The number of para-hydroxylation sites is 2. The lowest BCUT2D eigenvalue weighted by atomic mass is 9.92. The maximum absolute atomic E-state index is 2.40. The molecule has 0 aliphatic carbocycles. The molecule has 10 aromatic carbocycles. The molecule has 0 bridgehead atoms. The maximum Gasteiger partial charge on any atom is 0.0473 e. The highest BCUT2D eigenvalue weighted by molar-refractivity contribution is 7.99. The summed E-state index contributed by atoms with van der Waals surface area (Å²) in [5, 5.41) is 5.07. The van der Waals surface area contributed by atoms with Gasteiger partial charge in [-0.2, -0.15) is 0 Å². The van der Waals surface area contributed by atoms with E-state index in [9.17, 15) is 0 Å². The van der Waals surface area contributed by atoms with Crippen molar-refractivity contribution in [3.63, 3.8) is 0 Å². The maximum atomic E-state index is 2.40. The van der Waals surface area contributed by atoms with Crippen molar-refractivity contribution in [2.75, 3.05) is 9.80 Å². The minimum absolute atomic E-state index is 1.12. The standard InChI is InChI=1S/C56H38N2S/c1-5-14-39(15-6-1)41-24-29-46(30-25-41)57(44-18-9-3-10-19-44)48-33-28-43-36-53-50-35-34-49(38-55(50)59-54-23-13-22-51(56(53)54)52(43)37-48)58(45-20-11-4-12-21-45)47-31-26-42(27-32-47)40-16-7-2-8-17-40/h1-38H. The molecule has 0 saturated heterocycles. The third-order valence-electron chi connectivity index (χ3n) is 11.4. The molecule has 0 N–H and O–H groups in total. The number of fused-ring (bicyclic) bond motifs is 4. The van der Waals surface area contributed by atoms with Crippen molar-refractivity contribution in [3.8, 4) is 33.4 Å². The Morgan fingerprint density at radius 3 is 1.29 bits per heavy atom. The molecule has 10 aromatic rings. The molecule has 0 unspecified atom stereocenters. The van der Waals surface area contributed by atoms with Crippen LogP contribution in [0.15, 0.2) is 240 Å². The second-order valence-electron chi connectivity index (χ2n) is 15.0. The van der Waals surface area contributed by atoms with Crippen molar-refractivity contribution in [2.45, 2.75) is 9.79 Å². The summed E-state index contributed by atoms with van der Waals surface area (Å²) >= 11 is 1.87. The van der Waals surface area contributed by atoms with Crippen LogP contribution in [0.2, 0.25) is 0 Å². The Morgan fingerprint density at radius 1 is 0.271 bits per heavy atom. The topological polar surface area (TPSA) is 6.48 Å². The van der Waals surface area contributed by atoms with E-state index >= 15 is 0 Å². The highest BCUT2D eigenvalue weighted by Gasteiger charge is 2.24. The van der Waals surface area contributed by atoms with Crippen molar-refractivity contribution in [1.29, 1.82) is 0 Å². The number of hydrogen-bond donors (Lipinski definition) is 0. The minimum atomic E-state index is 1.12. The van der Waals surface area contributed by atoms with Crippen LogP contribution in [0.25, 0.3) is 54.9 Å². The van der Waals surface area contributed by atoms with Crippen LogP contribution in [-0.2, 0) is 0 Å². The first-order valence-corrected chi connectivity index (χ1v) is 20.9. The van der Waals surface area contributed by atoms with Crippen molar-refractivity contribution < 1.29 is 0 Å². The van der Waals surface area contributed by atoms with Crippen LogP contribution in [0.1, 0.15) is 0 Å². The van der Waals surface area contributed by atoms with Gasteiger partial charge in [0.2, 0.25) is 0 Å². The lowest BCUT2D eigenvalue weighted by Gasteiger charge is -2.28. The van der Waals surface area contributed by atoms with E-state index in [0.29, 0.717) is 0 Å². The van der Waals surface area contributed by atoms with E-state index in [4.69, 9.17) is 0 Å². The lowest BCUT2D eigenvalue weighted by molar-refractivity contribution is 1.26. The molecular weight excluding hydrogens is 733 g/mol. The van der Waals surface area contributed by atoms with Crippen LogP contribution in [-0.4, -0.2) is 0 Å². The van der Waals surface area contributed by atoms with Crippen LogP contribution in [0, 0.1) is 0 Å². The fourth-order valence-electron chi connectivity index (χ4n) is 8.59. The fraction of sp³-hybridized carbons (Fsp3) is 0. The van der Waals surface area contributed by atoms with Gasteiger partial charge in [0.15, 0.2) is 0 Å². The van der Waals surface area contributed by atoms with E-state index in [-0.39, 0.29) is 0 Å². The zero-order chi connectivity index (χ0) is 39.1. The molecule has 0 saturated carbocycles. The van der Waals surface area contributed by atoms with Crippen LogP contribution < -0.4 is 9.80 Å². The normalized spacial score (nSPS) is 11.7. The first-order valence-electron chi connectivity index (χ1n) is 20.1. The first kappa shape index (κ1) is 34.9. The summed E-state index contributed by atoms with van der Waals surface area (Å²) in [6.07, 6.45) is 0. The Labute approximate surface area is 349 Å². The van der Waals surface area contributed by atoms with Gasteiger partial charge in [0.25, 0.3) is 0 Å². The average Bonchev–Trinajstić information content (AvgIpc) is 3.31. The third kappa shape index (κ3) is 6.43. The van der Waals surface area contributed by atoms with Gasteiger partial charge >= 0.3 is 0 Å². The molecular formula is C56H38N2S. The molecule has 1 heterocycles. The number of rotatable bonds is 8. The van der Waals surface area contributed by atoms with Crippen molar-refractivity contribution >= 4 is 67.4 Å². The summed E-state index contributed by atoms with van der Waals surface area (Å²) in [5.74, 6) is 0. The van der Waals surface area contributed by atoms with Crippen LogP contribution in [0.5, 0.6) is 0 Å². The summed E-state index contributed by atoms with van der Waals surface area (Å²) in [7, 11) is 0. The van der Waals surface area contributed by atoms with E-state index in [0.717, 1.165) is 34.1 Å². The Kier molecular flexibility index (Phi) is 8.79. The Hall–Kier alpha value is -7.33. The van der Waals surface area contributed by atoms with Gasteiger partial charge in [-0.25, -0.2) is 0 Å². The molecule has 0 radical (unpaired) electrons. The Morgan fingerprint density at radius 2 is 0.729 bits per heavy atom. The molecule has 0 atom stereocenters. The molecule has 11 rings (SSSR count). The van der Waals surface area contributed by atoms with E-state index in [1.165, 1.54) is 64.7 Å². The lowest BCUT2D eigenvalue weighted by Crippen LogP contribution is -2.10. The molecule has 1 aliphatic rings. The van der Waals surface area contributed by atoms with Crippen LogP contribution >= 0.6 is 11.8 Å². The molecule has 1 aliphatic heterocycles.